The monoisotopic (exact) mass is 242 g/mol. The first-order valence-electron chi connectivity index (χ1n) is 5.08. The molecule has 1 atom stereocenters. The average molecular weight is 242 g/mol. The third-order valence-corrected chi connectivity index (χ3v) is 3.62. The number of pyridine rings is 1. The van der Waals surface area contributed by atoms with Gasteiger partial charge in [-0.3, -0.25) is 4.21 Å². The molecule has 0 aliphatic heterocycles. The van der Waals surface area contributed by atoms with Crippen molar-refractivity contribution in [3.63, 3.8) is 0 Å². The molecule has 1 aromatic carbocycles. The van der Waals surface area contributed by atoms with Crippen LogP contribution < -0.4 is 0 Å². The molecule has 0 aliphatic rings. The minimum atomic E-state index is -1.12. The van der Waals surface area contributed by atoms with Gasteiger partial charge in [-0.2, -0.15) is 5.26 Å². The van der Waals surface area contributed by atoms with E-state index in [2.05, 4.69) is 4.98 Å². The lowest BCUT2D eigenvalue weighted by Gasteiger charge is -2.01. The van der Waals surface area contributed by atoms with Gasteiger partial charge in [0.1, 0.15) is 11.8 Å². The maximum absolute atomic E-state index is 12.0. The molecule has 0 saturated carbocycles. The van der Waals surface area contributed by atoms with E-state index >= 15 is 0 Å². The Labute approximate surface area is 102 Å². The number of nitriles is 1. The highest BCUT2D eigenvalue weighted by molar-refractivity contribution is 7.84. The van der Waals surface area contributed by atoms with Gasteiger partial charge in [0.2, 0.25) is 0 Å². The Hall–Kier alpha value is -1.99. The van der Waals surface area contributed by atoms with E-state index in [-0.39, 0.29) is 0 Å². The summed E-state index contributed by atoms with van der Waals surface area (Å²) < 4.78 is 12.0. The van der Waals surface area contributed by atoms with Crippen molar-refractivity contribution in [3.05, 3.63) is 59.9 Å². The molecule has 0 saturated heterocycles. The van der Waals surface area contributed by atoms with E-state index in [1.807, 2.05) is 36.4 Å². The molecule has 0 N–H and O–H groups in total. The number of hydrogen-bond acceptors (Lipinski definition) is 3. The Morgan fingerprint density at radius 2 is 1.94 bits per heavy atom. The fraction of sp³-hybridized carbons (Fsp3) is 0.0769. The maximum atomic E-state index is 12.0. The van der Waals surface area contributed by atoms with Crippen molar-refractivity contribution in [3.8, 4) is 6.07 Å². The van der Waals surface area contributed by atoms with Crippen LogP contribution in [0.5, 0.6) is 0 Å². The first-order chi connectivity index (χ1) is 8.29. The zero-order chi connectivity index (χ0) is 12.1. The molecule has 84 valence electrons. The molecule has 3 nitrogen and oxygen atoms in total. The molecular weight excluding hydrogens is 232 g/mol. The number of benzene rings is 1. The molecule has 2 aromatic rings. The van der Waals surface area contributed by atoms with Crippen molar-refractivity contribution in [1.82, 2.24) is 4.98 Å². The number of hydrogen-bond donors (Lipinski definition) is 0. The van der Waals surface area contributed by atoms with Crippen LogP contribution in [0.1, 0.15) is 11.3 Å². The Bertz CT molecular complexity index is 558. The van der Waals surface area contributed by atoms with Gasteiger partial charge >= 0.3 is 0 Å². The van der Waals surface area contributed by atoms with Crippen molar-refractivity contribution in [2.75, 3.05) is 0 Å². The molecule has 0 amide bonds. The van der Waals surface area contributed by atoms with E-state index in [0.29, 0.717) is 16.3 Å². The lowest BCUT2D eigenvalue weighted by atomic mass is 10.2. The third-order valence-electron chi connectivity index (χ3n) is 2.25. The molecule has 2 rings (SSSR count). The molecule has 4 heteroatoms. The van der Waals surface area contributed by atoms with E-state index in [1.54, 1.807) is 12.1 Å². The number of aromatic nitrogens is 1. The number of rotatable bonds is 3. The van der Waals surface area contributed by atoms with Crippen molar-refractivity contribution in [2.24, 2.45) is 0 Å². The fourth-order valence-electron chi connectivity index (χ4n) is 1.39. The Morgan fingerprint density at radius 3 is 2.53 bits per heavy atom. The SMILES string of the molecule is N#Cc1ccc(S(=O)Cc2ccccc2)cn1. The van der Waals surface area contributed by atoms with Gasteiger partial charge in [0.25, 0.3) is 0 Å². The van der Waals surface area contributed by atoms with Crippen LogP contribution in [0.3, 0.4) is 0 Å². The highest BCUT2D eigenvalue weighted by Crippen LogP contribution is 2.11. The van der Waals surface area contributed by atoms with E-state index in [0.717, 1.165) is 5.56 Å². The van der Waals surface area contributed by atoms with Crippen LogP contribution in [0, 0.1) is 11.3 Å². The summed E-state index contributed by atoms with van der Waals surface area (Å²) in [5.74, 6) is 0.467. The summed E-state index contributed by atoms with van der Waals surface area (Å²) >= 11 is 0. The van der Waals surface area contributed by atoms with Crippen LogP contribution >= 0.6 is 0 Å². The highest BCUT2D eigenvalue weighted by Gasteiger charge is 2.05. The second-order valence-corrected chi connectivity index (χ2v) is 4.92. The molecule has 1 heterocycles. The van der Waals surface area contributed by atoms with Crippen LogP contribution in [0.25, 0.3) is 0 Å². The zero-order valence-electron chi connectivity index (χ0n) is 9.04. The molecule has 0 aliphatic carbocycles. The van der Waals surface area contributed by atoms with Gasteiger partial charge in [-0.1, -0.05) is 30.3 Å². The van der Waals surface area contributed by atoms with Crippen molar-refractivity contribution in [2.45, 2.75) is 10.6 Å². The summed E-state index contributed by atoms with van der Waals surface area (Å²) in [4.78, 5) is 4.55. The van der Waals surface area contributed by atoms with Crippen molar-refractivity contribution >= 4 is 10.8 Å². The summed E-state index contributed by atoms with van der Waals surface area (Å²) in [6, 6.07) is 14.8. The third kappa shape index (κ3) is 2.99. The lowest BCUT2D eigenvalue weighted by molar-refractivity contribution is 0.682. The topological polar surface area (TPSA) is 53.8 Å². The summed E-state index contributed by atoms with van der Waals surface area (Å²) in [6.45, 7) is 0. The predicted molar refractivity (Wildman–Crippen MR) is 65.5 cm³/mol. The predicted octanol–water partition coefficient (Wildman–Crippen LogP) is 2.26. The van der Waals surface area contributed by atoms with Gasteiger partial charge in [-0.15, -0.1) is 0 Å². The first-order valence-corrected chi connectivity index (χ1v) is 6.40. The molecular formula is C13H10N2OS. The van der Waals surface area contributed by atoms with Gasteiger partial charge in [-0.25, -0.2) is 4.98 Å². The zero-order valence-corrected chi connectivity index (χ0v) is 9.85. The van der Waals surface area contributed by atoms with Gasteiger partial charge in [0.15, 0.2) is 0 Å². The van der Waals surface area contributed by atoms with E-state index in [1.165, 1.54) is 6.20 Å². The minimum Gasteiger partial charge on any atom is -0.254 e. The normalized spacial score (nSPS) is 11.7. The van der Waals surface area contributed by atoms with Gasteiger partial charge < -0.3 is 0 Å². The summed E-state index contributed by atoms with van der Waals surface area (Å²) in [6.07, 6.45) is 1.50. The second-order valence-electron chi connectivity index (χ2n) is 3.47. The molecule has 0 spiro atoms. The summed E-state index contributed by atoms with van der Waals surface area (Å²) in [5.41, 5.74) is 1.36. The standard InChI is InChI=1S/C13H10N2OS/c14-8-12-6-7-13(9-15-12)17(16)10-11-4-2-1-3-5-11/h1-7,9H,10H2. The molecule has 1 aromatic heterocycles. The van der Waals surface area contributed by atoms with E-state index in [4.69, 9.17) is 5.26 Å². The van der Waals surface area contributed by atoms with E-state index in [9.17, 15) is 4.21 Å². The Kier molecular flexibility index (Phi) is 3.63. The molecule has 0 fully saturated rings. The second kappa shape index (κ2) is 5.37. The molecule has 1 unspecified atom stereocenters. The smallest absolute Gasteiger partial charge is 0.140 e. The Balaban J connectivity index is 2.13. The van der Waals surface area contributed by atoms with Gasteiger partial charge in [-0.05, 0) is 17.7 Å². The number of nitrogens with zero attached hydrogens (tertiary/aromatic N) is 2. The van der Waals surface area contributed by atoms with Crippen LogP contribution in [-0.4, -0.2) is 9.19 Å². The first kappa shape index (κ1) is 11.5. The molecule has 17 heavy (non-hydrogen) atoms. The fourth-order valence-corrected chi connectivity index (χ4v) is 2.44. The van der Waals surface area contributed by atoms with Crippen LogP contribution in [-0.2, 0) is 16.6 Å². The maximum Gasteiger partial charge on any atom is 0.140 e. The quantitative estimate of drug-likeness (QED) is 0.829. The van der Waals surface area contributed by atoms with Crippen LogP contribution in [0.2, 0.25) is 0 Å². The van der Waals surface area contributed by atoms with Gasteiger partial charge in [0.05, 0.1) is 21.4 Å². The van der Waals surface area contributed by atoms with E-state index < -0.39 is 10.8 Å². The van der Waals surface area contributed by atoms with Gasteiger partial charge in [0, 0.05) is 6.20 Å². The van der Waals surface area contributed by atoms with Crippen molar-refractivity contribution in [1.29, 1.82) is 5.26 Å². The summed E-state index contributed by atoms with van der Waals surface area (Å²) in [5, 5.41) is 8.61. The summed E-state index contributed by atoms with van der Waals surface area (Å²) in [7, 11) is -1.12. The van der Waals surface area contributed by atoms with Crippen molar-refractivity contribution < 1.29 is 4.21 Å². The molecule has 0 radical (unpaired) electrons. The lowest BCUT2D eigenvalue weighted by Crippen LogP contribution is -1.97. The average Bonchev–Trinajstić information content (AvgIpc) is 2.40. The van der Waals surface area contributed by atoms with Crippen LogP contribution in [0.15, 0.2) is 53.6 Å². The molecule has 0 bridgehead atoms. The van der Waals surface area contributed by atoms with Crippen LogP contribution in [0.4, 0.5) is 0 Å². The largest absolute Gasteiger partial charge is 0.254 e. The minimum absolute atomic E-state index is 0.338. The Morgan fingerprint density at radius 1 is 1.18 bits per heavy atom. The highest BCUT2D eigenvalue weighted by atomic mass is 32.2.